The Morgan fingerprint density at radius 3 is 2.36 bits per heavy atom. The van der Waals surface area contributed by atoms with E-state index in [0.717, 1.165) is 18.7 Å². The maximum atomic E-state index is 12.9. The van der Waals surface area contributed by atoms with E-state index in [4.69, 9.17) is 0 Å². The molecule has 6 nitrogen and oxygen atoms in total. The van der Waals surface area contributed by atoms with Gasteiger partial charge in [-0.05, 0) is 31.6 Å². The Bertz CT molecular complexity index is 743. The number of amides is 1. The number of aryl methyl sites for hydroxylation is 1. The molecule has 1 N–H and O–H groups in total. The molecule has 2 rings (SSSR count). The zero-order chi connectivity index (χ0) is 18.4. The zero-order valence-corrected chi connectivity index (χ0v) is 14.7. The molecule has 1 unspecified atom stereocenters. The van der Waals surface area contributed by atoms with Gasteiger partial charge in [-0.25, -0.2) is 0 Å². The first-order valence-electron chi connectivity index (χ1n) is 8.32. The summed E-state index contributed by atoms with van der Waals surface area (Å²) < 4.78 is 0. The quantitative estimate of drug-likeness (QED) is 0.612. The Morgan fingerprint density at radius 2 is 1.80 bits per heavy atom. The third-order valence-corrected chi connectivity index (χ3v) is 4.21. The molecule has 1 amide bonds. The van der Waals surface area contributed by atoms with Crippen LogP contribution in [0.3, 0.4) is 0 Å². The first kappa shape index (κ1) is 18.6. The molecule has 0 heterocycles. The van der Waals surface area contributed by atoms with Crippen molar-refractivity contribution in [3.8, 4) is 0 Å². The van der Waals surface area contributed by atoms with E-state index in [9.17, 15) is 14.9 Å². The van der Waals surface area contributed by atoms with E-state index in [1.165, 1.54) is 6.07 Å². The normalized spacial score (nSPS) is 12.0. The van der Waals surface area contributed by atoms with E-state index in [2.05, 4.69) is 5.32 Å². The third-order valence-electron chi connectivity index (χ3n) is 4.21. The molecular formula is C19H23N3O3. The van der Waals surface area contributed by atoms with Crippen LogP contribution in [0.2, 0.25) is 0 Å². The molecule has 6 heteroatoms. The van der Waals surface area contributed by atoms with Gasteiger partial charge in [-0.2, -0.15) is 0 Å². The molecule has 0 bridgehead atoms. The fourth-order valence-electron chi connectivity index (χ4n) is 2.85. The van der Waals surface area contributed by atoms with Crippen LogP contribution >= 0.6 is 0 Å². The maximum absolute atomic E-state index is 12.9. The minimum Gasteiger partial charge on any atom is -0.324 e. The predicted octanol–water partition coefficient (Wildman–Crippen LogP) is 3.92. The van der Waals surface area contributed by atoms with E-state index >= 15 is 0 Å². The standard InChI is InChI=1S/C19H23N3O3/c1-4-21(5-2)18(15-9-7-6-8-10-15)19(23)20-16-12-11-14(3)17(13-16)22(24)25/h6-13,18H,4-5H2,1-3H3,(H,20,23). The van der Waals surface area contributed by atoms with Crippen LogP contribution in [0.15, 0.2) is 48.5 Å². The summed E-state index contributed by atoms with van der Waals surface area (Å²) in [6.45, 7) is 7.12. The lowest BCUT2D eigenvalue weighted by molar-refractivity contribution is -0.385. The van der Waals surface area contributed by atoms with Crippen molar-refractivity contribution in [1.29, 1.82) is 0 Å². The van der Waals surface area contributed by atoms with Crippen molar-refractivity contribution >= 4 is 17.3 Å². The largest absolute Gasteiger partial charge is 0.324 e. The highest BCUT2D eigenvalue weighted by molar-refractivity contribution is 5.95. The highest BCUT2D eigenvalue weighted by Gasteiger charge is 2.26. The van der Waals surface area contributed by atoms with Crippen molar-refractivity contribution in [3.63, 3.8) is 0 Å². The molecule has 2 aromatic rings. The lowest BCUT2D eigenvalue weighted by Gasteiger charge is -2.29. The van der Waals surface area contributed by atoms with E-state index in [-0.39, 0.29) is 11.6 Å². The molecule has 0 aromatic heterocycles. The number of anilines is 1. The van der Waals surface area contributed by atoms with Crippen LogP contribution in [-0.4, -0.2) is 28.8 Å². The van der Waals surface area contributed by atoms with E-state index in [1.54, 1.807) is 19.1 Å². The van der Waals surface area contributed by atoms with Crippen molar-refractivity contribution in [2.45, 2.75) is 26.8 Å². The van der Waals surface area contributed by atoms with Gasteiger partial charge in [-0.3, -0.25) is 19.8 Å². The van der Waals surface area contributed by atoms with Crippen LogP contribution < -0.4 is 5.32 Å². The second-order valence-electron chi connectivity index (χ2n) is 5.78. The zero-order valence-electron chi connectivity index (χ0n) is 14.7. The minimum absolute atomic E-state index is 0.00287. The van der Waals surface area contributed by atoms with Crippen LogP contribution in [0.1, 0.15) is 31.0 Å². The fraction of sp³-hybridized carbons (Fsp3) is 0.316. The first-order valence-corrected chi connectivity index (χ1v) is 8.32. The van der Waals surface area contributed by atoms with Gasteiger partial charge in [-0.1, -0.05) is 50.2 Å². The highest BCUT2D eigenvalue weighted by atomic mass is 16.6. The number of hydrogen-bond donors (Lipinski definition) is 1. The number of benzene rings is 2. The number of nitrogens with one attached hydrogen (secondary N) is 1. The number of nitro groups is 1. The molecule has 0 saturated carbocycles. The summed E-state index contributed by atoms with van der Waals surface area (Å²) in [6, 6.07) is 13.8. The molecule has 0 aliphatic carbocycles. The van der Waals surface area contributed by atoms with E-state index < -0.39 is 11.0 Å². The molecular weight excluding hydrogens is 318 g/mol. The Kier molecular flexibility index (Phi) is 6.25. The monoisotopic (exact) mass is 341 g/mol. The summed E-state index contributed by atoms with van der Waals surface area (Å²) >= 11 is 0. The van der Waals surface area contributed by atoms with Crippen LogP contribution in [0, 0.1) is 17.0 Å². The number of carbonyl (C=O) groups is 1. The van der Waals surface area contributed by atoms with Crippen LogP contribution in [0.25, 0.3) is 0 Å². The van der Waals surface area contributed by atoms with E-state index in [0.29, 0.717) is 11.3 Å². The molecule has 0 spiro atoms. The van der Waals surface area contributed by atoms with Gasteiger partial charge < -0.3 is 5.32 Å². The second-order valence-corrected chi connectivity index (χ2v) is 5.78. The third kappa shape index (κ3) is 4.42. The van der Waals surface area contributed by atoms with Crippen molar-refractivity contribution < 1.29 is 9.72 Å². The lowest BCUT2D eigenvalue weighted by atomic mass is 10.0. The van der Waals surface area contributed by atoms with E-state index in [1.807, 2.05) is 49.1 Å². The summed E-state index contributed by atoms with van der Waals surface area (Å²) in [7, 11) is 0. The molecule has 0 saturated heterocycles. The Balaban J connectivity index is 2.31. The second kappa shape index (κ2) is 8.39. The number of likely N-dealkylation sites (N-methyl/N-ethyl adjacent to an activating group) is 1. The topological polar surface area (TPSA) is 75.5 Å². The van der Waals surface area contributed by atoms with Gasteiger partial charge in [0, 0.05) is 17.3 Å². The van der Waals surface area contributed by atoms with Crippen LogP contribution in [0.4, 0.5) is 11.4 Å². The number of nitrogens with zero attached hydrogens (tertiary/aromatic N) is 2. The number of carbonyl (C=O) groups excluding carboxylic acids is 1. The Labute approximate surface area is 147 Å². The van der Waals surface area contributed by atoms with Gasteiger partial charge in [0.15, 0.2) is 0 Å². The van der Waals surface area contributed by atoms with Gasteiger partial charge in [-0.15, -0.1) is 0 Å². The average Bonchev–Trinajstić information content (AvgIpc) is 2.61. The summed E-state index contributed by atoms with van der Waals surface area (Å²) in [6.07, 6.45) is 0. The summed E-state index contributed by atoms with van der Waals surface area (Å²) in [5.41, 5.74) is 1.88. The van der Waals surface area contributed by atoms with Crippen molar-refractivity contribution in [2.24, 2.45) is 0 Å². The summed E-state index contributed by atoms with van der Waals surface area (Å²) in [5.74, 6) is -0.201. The predicted molar refractivity (Wildman–Crippen MR) is 98.6 cm³/mol. The smallest absolute Gasteiger partial charge is 0.274 e. The minimum atomic E-state index is -0.448. The molecule has 0 radical (unpaired) electrons. The maximum Gasteiger partial charge on any atom is 0.274 e. The van der Waals surface area contributed by atoms with Crippen molar-refractivity contribution in [1.82, 2.24) is 4.90 Å². The molecule has 25 heavy (non-hydrogen) atoms. The SMILES string of the molecule is CCN(CC)C(C(=O)Nc1ccc(C)c([N+](=O)[O-])c1)c1ccccc1. The number of rotatable bonds is 7. The van der Waals surface area contributed by atoms with Gasteiger partial charge in [0.1, 0.15) is 6.04 Å². The molecule has 0 aliphatic heterocycles. The fourth-order valence-corrected chi connectivity index (χ4v) is 2.85. The average molecular weight is 341 g/mol. The molecule has 2 aromatic carbocycles. The van der Waals surface area contributed by atoms with Crippen LogP contribution in [0.5, 0.6) is 0 Å². The Hall–Kier alpha value is -2.73. The van der Waals surface area contributed by atoms with Gasteiger partial charge >= 0.3 is 0 Å². The van der Waals surface area contributed by atoms with Crippen molar-refractivity contribution in [3.05, 3.63) is 69.8 Å². The summed E-state index contributed by atoms with van der Waals surface area (Å²) in [5, 5.41) is 13.9. The first-order chi connectivity index (χ1) is 12.0. The van der Waals surface area contributed by atoms with Gasteiger partial charge in [0.05, 0.1) is 4.92 Å². The molecule has 0 aliphatic rings. The summed E-state index contributed by atoms with van der Waals surface area (Å²) in [4.78, 5) is 25.6. The highest BCUT2D eigenvalue weighted by Crippen LogP contribution is 2.26. The lowest BCUT2D eigenvalue weighted by Crippen LogP contribution is -2.37. The van der Waals surface area contributed by atoms with Crippen LogP contribution in [-0.2, 0) is 4.79 Å². The molecule has 0 fully saturated rings. The molecule has 1 atom stereocenters. The van der Waals surface area contributed by atoms with Gasteiger partial charge in [0.2, 0.25) is 5.91 Å². The number of nitro benzene ring substituents is 1. The van der Waals surface area contributed by atoms with Gasteiger partial charge in [0.25, 0.3) is 5.69 Å². The number of hydrogen-bond acceptors (Lipinski definition) is 4. The van der Waals surface area contributed by atoms with Crippen molar-refractivity contribution in [2.75, 3.05) is 18.4 Å². The molecule has 132 valence electrons. The Morgan fingerprint density at radius 1 is 1.16 bits per heavy atom.